The second kappa shape index (κ2) is 10.6. The fourth-order valence-corrected chi connectivity index (χ4v) is 4.02. The normalized spacial score (nSPS) is 15.6. The third kappa shape index (κ3) is 5.46. The number of anilines is 3. The lowest BCUT2D eigenvalue weighted by Gasteiger charge is -2.26. The Morgan fingerprint density at radius 3 is 2.26 bits per heavy atom. The minimum absolute atomic E-state index is 0.296. The Morgan fingerprint density at radius 1 is 0.943 bits per heavy atom. The largest absolute Gasteiger partial charge is 0.413 e. The van der Waals surface area contributed by atoms with E-state index < -0.39 is 23.9 Å². The zero-order valence-corrected chi connectivity index (χ0v) is 20.2. The second-order valence-electron chi connectivity index (χ2n) is 8.59. The van der Waals surface area contributed by atoms with Gasteiger partial charge in [-0.1, -0.05) is 61.8 Å². The number of amides is 3. The quantitative estimate of drug-likeness (QED) is 0.458. The first-order chi connectivity index (χ1) is 16.8. The topological polar surface area (TPSA) is 79.0 Å². The maximum atomic E-state index is 13.9. The van der Waals surface area contributed by atoms with E-state index in [-0.39, 0.29) is 0 Å². The molecule has 0 aliphatic carbocycles. The molecule has 4 rings (SSSR count). The minimum Gasteiger partial charge on any atom is -0.410 e. The van der Waals surface area contributed by atoms with E-state index in [2.05, 4.69) is 19.2 Å². The highest BCUT2D eigenvalue weighted by atomic mass is 35.5. The van der Waals surface area contributed by atoms with Gasteiger partial charge in [-0.05, 0) is 54.8 Å². The average molecular weight is 492 g/mol. The molecule has 0 saturated carbocycles. The Bertz CT molecular complexity index is 1220. The molecule has 180 valence electrons. The molecular weight excluding hydrogens is 466 g/mol. The number of hydrogen-bond acceptors (Lipinski definition) is 4. The zero-order valence-electron chi connectivity index (χ0n) is 19.5. The Hall–Kier alpha value is -3.84. The first-order valence-corrected chi connectivity index (χ1v) is 11.8. The molecule has 0 fully saturated rings. The van der Waals surface area contributed by atoms with Crippen molar-refractivity contribution in [1.82, 2.24) is 5.32 Å². The zero-order chi connectivity index (χ0) is 24.9. The predicted octanol–water partition coefficient (Wildman–Crippen LogP) is 5.55. The van der Waals surface area contributed by atoms with Crippen molar-refractivity contribution in [3.05, 3.63) is 83.9 Å². The van der Waals surface area contributed by atoms with Gasteiger partial charge in [-0.25, -0.2) is 4.79 Å². The molecule has 3 aromatic carbocycles. The van der Waals surface area contributed by atoms with Crippen molar-refractivity contribution in [3.63, 3.8) is 0 Å². The molecule has 7 nitrogen and oxygen atoms in total. The summed E-state index contributed by atoms with van der Waals surface area (Å²) in [6.45, 7) is 4.46. The molecule has 0 bridgehead atoms. The molecule has 1 aliphatic rings. The number of rotatable bonds is 6. The van der Waals surface area contributed by atoms with Gasteiger partial charge in [0.15, 0.2) is 6.04 Å². The van der Waals surface area contributed by atoms with Crippen LogP contribution in [0, 0.1) is 5.92 Å². The van der Waals surface area contributed by atoms with Crippen molar-refractivity contribution < 1.29 is 19.1 Å². The summed E-state index contributed by atoms with van der Waals surface area (Å²) in [5, 5.41) is 2.93. The van der Waals surface area contributed by atoms with E-state index in [1.807, 2.05) is 6.07 Å². The van der Waals surface area contributed by atoms with Crippen LogP contribution in [0.5, 0.6) is 5.75 Å². The fourth-order valence-electron chi connectivity index (χ4n) is 3.86. The van der Waals surface area contributed by atoms with E-state index in [0.717, 1.165) is 0 Å². The molecule has 0 aromatic heterocycles. The van der Waals surface area contributed by atoms with E-state index in [1.54, 1.807) is 72.8 Å². The van der Waals surface area contributed by atoms with E-state index in [0.29, 0.717) is 46.7 Å². The number of nitrogens with zero attached hydrogens (tertiary/aromatic N) is 2. The van der Waals surface area contributed by atoms with Crippen molar-refractivity contribution in [1.29, 1.82) is 0 Å². The van der Waals surface area contributed by atoms with Crippen LogP contribution >= 0.6 is 11.6 Å². The van der Waals surface area contributed by atoms with E-state index in [4.69, 9.17) is 16.3 Å². The molecule has 1 heterocycles. The van der Waals surface area contributed by atoms with Crippen molar-refractivity contribution in [2.45, 2.75) is 26.3 Å². The van der Waals surface area contributed by atoms with Crippen LogP contribution in [0.2, 0.25) is 5.02 Å². The number of carbonyl (C=O) groups excluding carboxylic acids is 3. The van der Waals surface area contributed by atoms with Crippen LogP contribution in [-0.4, -0.2) is 30.5 Å². The number of benzene rings is 3. The Labute approximate surface area is 209 Å². The first kappa shape index (κ1) is 24.3. The standard InChI is InChI=1S/C27H26ClN3O4/c1-18(2)15-16-30-23-17-19(28)13-14-22(23)31(20-9-5-3-6-10-20)26(33)24(25(30)32)29-27(34)35-21-11-7-4-8-12-21/h3-14,17-18,24H,15-16H2,1-2H3,(H,29,34)/t24-/m0/s1. The highest BCUT2D eigenvalue weighted by molar-refractivity contribution is 6.32. The summed E-state index contributed by atoms with van der Waals surface area (Å²) >= 11 is 6.32. The Kier molecular flexibility index (Phi) is 7.36. The monoisotopic (exact) mass is 491 g/mol. The summed E-state index contributed by atoms with van der Waals surface area (Å²) < 4.78 is 5.31. The highest BCUT2D eigenvalue weighted by Crippen LogP contribution is 2.39. The molecule has 1 atom stereocenters. The molecule has 0 spiro atoms. The maximum absolute atomic E-state index is 13.9. The number of carbonyl (C=O) groups is 3. The molecular formula is C27H26ClN3O4. The van der Waals surface area contributed by atoms with Gasteiger partial charge in [0.25, 0.3) is 11.8 Å². The lowest BCUT2D eigenvalue weighted by Crippen LogP contribution is -2.55. The smallest absolute Gasteiger partial charge is 0.410 e. The summed E-state index contributed by atoms with van der Waals surface area (Å²) in [5.74, 6) is -0.543. The molecule has 1 aliphatic heterocycles. The molecule has 0 unspecified atom stereocenters. The van der Waals surface area contributed by atoms with Crippen LogP contribution in [-0.2, 0) is 9.59 Å². The van der Waals surface area contributed by atoms with Crippen LogP contribution < -0.4 is 19.9 Å². The number of para-hydroxylation sites is 2. The molecule has 0 radical (unpaired) electrons. The van der Waals surface area contributed by atoms with Gasteiger partial charge in [0, 0.05) is 17.3 Å². The van der Waals surface area contributed by atoms with Crippen LogP contribution in [0.25, 0.3) is 0 Å². The van der Waals surface area contributed by atoms with Crippen molar-refractivity contribution in [2.75, 3.05) is 16.3 Å². The summed E-state index contributed by atoms with van der Waals surface area (Å²) in [7, 11) is 0. The van der Waals surface area contributed by atoms with E-state index in [9.17, 15) is 14.4 Å². The Morgan fingerprint density at radius 2 is 1.60 bits per heavy atom. The third-order valence-corrected chi connectivity index (χ3v) is 5.84. The molecule has 35 heavy (non-hydrogen) atoms. The number of fused-ring (bicyclic) bond motifs is 1. The summed E-state index contributed by atoms with van der Waals surface area (Å²) in [6.07, 6.45) is -0.206. The van der Waals surface area contributed by atoms with Gasteiger partial charge in [-0.15, -0.1) is 0 Å². The van der Waals surface area contributed by atoms with E-state index in [1.165, 1.54) is 9.80 Å². The molecule has 1 N–H and O–H groups in total. The summed E-state index contributed by atoms with van der Waals surface area (Å²) in [6, 6.07) is 21.0. The van der Waals surface area contributed by atoms with E-state index >= 15 is 0 Å². The Balaban J connectivity index is 1.77. The lowest BCUT2D eigenvalue weighted by atomic mass is 10.1. The number of ether oxygens (including phenoxy) is 1. The van der Waals surface area contributed by atoms with Crippen LogP contribution in [0.4, 0.5) is 21.9 Å². The highest BCUT2D eigenvalue weighted by Gasteiger charge is 2.42. The van der Waals surface area contributed by atoms with Gasteiger partial charge in [0.2, 0.25) is 0 Å². The third-order valence-electron chi connectivity index (χ3n) is 5.61. The fraction of sp³-hybridized carbons (Fsp3) is 0.222. The van der Waals surface area contributed by atoms with Gasteiger partial charge in [-0.2, -0.15) is 0 Å². The van der Waals surface area contributed by atoms with Gasteiger partial charge in [-0.3, -0.25) is 14.5 Å². The van der Waals surface area contributed by atoms with Crippen molar-refractivity contribution in [2.24, 2.45) is 5.92 Å². The van der Waals surface area contributed by atoms with Gasteiger partial charge in [0.05, 0.1) is 11.4 Å². The maximum Gasteiger partial charge on any atom is 0.413 e. The van der Waals surface area contributed by atoms with Crippen LogP contribution in [0.1, 0.15) is 20.3 Å². The second-order valence-corrected chi connectivity index (χ2v) is 9.03. The molecule has 3 aromatic rings. The van der Waals surface area contributed by atoms with Gasteiger partial charge < -0.3 is 15.0 Å². The van der Waals surface area contributed by atoms with Crippen LogP contribution in [0.15, 0.2) is 78.9 Å². The first-order valence-electron chi connectivity index (χ1n) is 11.4. The van der Waals surface area contributed by atoms with Gasteiger partial charge >= 0.3 is 6.09 Å². The summed E-state index contributed by atoms with van der Waals surface area (Å²) in [5.41, 5.74) is 1.56. The molecule has 0 saturated heterocycles. The molecule has 8 heteroatoms. The number of nitrogens with one attached hydrogen (secondary N) is 1. The number of halogens is 1. The number of hydrogen-bond donors (Lipinski definition) is 1. The summed E-state index contributed by atoms with van der Waals surface area (Å²) in [4.78, 5) is 43.3. The van der Waals surface area contributed by atoms with Crippen molar-refractivity contribution in [3.8, 4) is 5.75 Å². The SMILES string of the molecule is CC(C)CCN1C(=O)[C@H](NC(=O)Oc2ccccc2)C(=O)N(c2ccccc2)c2ccc(Cl)cc21. The minimum atomic E-state index is -1.50. The van der Waals surface area contributed by atoms with Crippen molar-refractivity contribution >= 4 is 46.6 Å². The van der Waals surface area contributed by atoms with Gasteiger partial charge in [0.1, 0.15) is 5.75 Å². The predicted molar refractivity (Wildman–Crippen MR) is 136 cm³/mol. The lowest BCUT2D eigenvalue weighted by molar-refractivity contribution is -0.128. The van der Waals surface area contributed by atoms with Crippen LogP contribution in [0.3, 0.4) is 0 Å². The molecule has 3 amide bonds. The average Bonchev–Trinajstić information content (AvgIpc) is 2.92.